The van der Waals surface area contributed by atoms with Crippen LogP contribution in [0.5, 0.6) is 0 Å². The summed E-state index contributed by atoms with van der Waals surface area (Å²) in [6.45, 7) is 1.95. The molecular formula is C12H16O. The molecule has 0 heterocycles. The van der Waals surface area contributed by atoms with Gasteiger partial charge in [-0.3, -0.25) is 0 Å². The monoisotopic (exact) mass is 176 g/mol. The van der Waals surface area contributed by atoms with Gasteiger partial charge in [0, 0.05) is 0 Å². The van der Waals surface area contributed by atoms with Crippen LogP contribution in [0.3, 0.4) is 0 Å². The first-order chi connectivity index (χ1) is 6.33. The molecule has 1 aromatic carbocycles. The lowest BCUT2D eigenvalue weighted by molar-refractivity contribution is 0.463. The van der Waals surface area contributed by atoms with Crippen LogP contribution in [0.2, 0.25) is 0 Å². The van der Waals surface area contributed by atoms with Crippen molar-refractivity contribution < 1.29 is 5.11 Å². The average Bonchev–Trinajstić information content (AvgIpc) is 2.19. The molecule has 1 aromatic rings. The maximum absolute atomic E-state index is 8.67. The van der Waals surface area contributed by atoms with Gasteiger partial charge >= 0.3 is 0 Å². The molecule has 0 fully saturated rings. The molecule has 0 aliphatic rings. The van der Waals surface area contributed by atoms with E-state index in [9.17, 15) is 0 Å². The third-order valence-corrected chi connectivity index (χ3v) is 2.10. The van der Waals surface area contributed by atoms with Crippen molar-refractivity contribution in [3.8, 4) is 0 Å². The van der Waals surface area contributed by atoms with Crippen molar-refractivity contribution in [1.29, 1.82) is 0 Å². The Morgan fingerprint density at radius 2 is 2.00 bits per heavy atom. The van der Waals surface area contributed by atoms with Gasteiger partial charge in [-0.1, -0.05) is 30.3 Å². The van der Waals surface area contributed by atoms with Gasteiger partial charge in [0.25, 0.3) is 0 Å². The van der Waals surface area contributed by atoms with Crippen molar-refractivity contribution in [2.24, 2.45) is 0 Å². The van der Waals surface area contributed by atoms with Crippen LogP contribution >= 0.6 is 0 Å². The second kappa shape index (κ2) is 5.41. The molecule has 1 rings (SSSR count). The van der Waals surface area contributed by atoms with E-state index in [1.165, 1.54) is 11.8 Å². The van der Waals surface area contributed by atoms with Crippen LogP contribution in [0.25, 0.3) is 0 Å². The number of aryl methyl sites for hydroxylation is 1. The molecule has 70 valence electrons. The molecule has 0 saturated heterocycles. The largest absolute Gasteiger partial charge is 0.516 e. The standard InChI is InChI=1S/C12H16O/c1-11(10-13)6-5-9-12-7-3-2-4-8-12/h2-4,7-8,10,13H,5-6,9H2,1H3. The summed E-state index contributed by atoms with van der Waals surface area (Å²) in [5, 5.41) is 8.67. The molecule has 0 amide bonds. The maximum atomic E-state index is 8.67. The van der Waals surface area contributed by atoms with Crippen molar-refractivity contribution in [1.82, 2.24) is 0 Å². The Morgan fingerprint density at radius 1 is 1.31 bits per heavy atom. The van der Waals surface area contributed by atoms with Gasteiger partial charge in [0.05, 0.1) is 6.26 Å². The highest BCUT2D eigenvalue weighted by Crippen LogP contribution is 2.08. The van der Waals surface area contributed by atoms with Gasteiger partial charge in [-0.2, -0.15) is 0 Å². The number of rotatable bonds is 4. The van der Waals surface area contributed by atoms with E-state index in [1.807, 2.05) is 13.0 Å². The maximum Gasteiger partial charge on any atom is 0.0780 e. The highest BCUT2D eigenvalue weighted by molar-refractivity contribution is 5.14. The zero-order valence-corrected chi connectivity index (χ0v) is 8.03. The lowest BCUT2D eigenvalue weighted by Gasteiger charge is -2.00. The molecule has 0 aliphatic carbocycles. The fraction of sp³-hybridized carbons (Fsp3) is 0.333. The SMILES string of the molecule is CC(=CO)CCCc1ccccc1. The molecule has 13 heavy (non-hydrogen) atoms. The van der Waals surface area contributed by atoms with Crippen molar-refractivity contribution >= 4 is 0 Å². The number of hydrogen-bond acceptors (Lipinski definition) is 1. The molecule has 0 aliphatic heterocycles. The minimum atomic E-state index is 0.978. The molecule has 0 aromatic heterocycles. The van der Waals surface area contributed by atoms with Crippen molar-refractivity contribution in [2.75, 3.05) is 0 Å². The van der Waals surface area contributed by atoms with Gasteiger partial charge in [-0.05, 0) is 37.3 Å². The average molecular weight is 176 g/mol. The summed E-state index contributed by atoms with van der Waals surface area (Å²) >= 11 is 0. The lowest BCUT2D eigenvalue weighted by Crippen LogP contribution is -1.85. The normalized spacial score (nSPS) is 11.6. The minimum absolute atomic E-state index is 0.978. The van der Waals surface area contributed by atoms with E-state index in [2.05, 4.69) is 24.3 Å². The summed E-state index contributed by atoms with van der Waals surface area (Å²) in [5.74, 6) is 0. The van der Waals surface area contributed by atoms with Gasteiger partial charge in [0.2, 0.25) is 0 Å². The summed E-state index contributed by atoms with van der Waals surface area (Å²) < 4.78 is 0. The molecule has 1 heteroatoms. The molecule has 0 bridgehead atoms. The van der Waals surface area contributed by atoms with Crippen LogP contribution in [-0.2, 0) is 6.42 Å². The molecule has 0 radical (unpaired) electrons. The Kier molecular flexibility index (Phi) is 4.10. The van der Waals surface area contributed by atoms with E-state index < -0.39 is 0 Å². The van der Waals surface area contributed by atoms with Crippen molar-refractivity contribution in [2.45, 2.75) is 26.2 Å². The number of aliphatic hydroxyl groups is 1. The van der Waals surface area contributed by atoms with E-state index in [1.54, 1.807) is 0 Å². The summed E-state index contributed by atoms with van der Waals surface area (Å²) in [7, 11) is 0. The predicted molar refractivity (Wildman–Crippen MR) is 55.8 cm³/mol. The number of allylic oxidation sites excluding steroid dienone is 1. The zero-order chi connectivity index (χ0) is 9.52. The van der Waals surface area contributed by atoms with Gasteiger partial charge in [0.1, 0.15) is 0 Å². The quantitative estimate of drug-likeness (QED) is 0.696. The molecule has 1 N–H and O–H groups in total. The van der Waals surface area contributed by atoms with Gasteiger partial charge in [0.15, 0.2) is 0 Å². The molecule has 0 atom stereocenters. The lowest BCUT2D eigenvalue weighted by atomic mass is 10.1. The Balaban J connectivity index is 2.28. The van der Waals surface area contributed by atoms with E-state index >= 15 is 0 Å². The smallest absolute Gasteiger partial charge is 0.0780 e. The van der Waals surface area contributed by atoms with E-state index in [0.29, 0.717) is 0 Å². The Hall–Kier alpha value is -1.24. The minimum Gasteiger partial charge on any atom is -0.516 e. The second-order valence-corrected chi connectivity index (χ2v) is 3.31. The molecular weight excluding hydrogens is 160 g/mol. The Labute approximate surface area is 79.7 Å². The summed E-state index contributed by atoms with van der Waals surface area (Å²) in [4.78, 5) is 0. The van der Waals surface area contributed by atoms with Crippen molar-refractivity contribution in [3.05, 3.63) is 47.7 Å². The molecule has 0 unspecified atom stereocenters. The van der Waals surface area contributed by atoms with Gasteiger partial charge < -0.3 is 5.11 Å². The van der Waals surface area contributed by atoms with Crippen molar-refractivity contribution in [3.63, 3.8) is 0 Å². The predicted octanol–water partition coefficient (Wildman–Crippen LogP) is 3.47. The first-order valence-electron chi connectivity index (χ1n) is 4.66. The van der Waals surface area contributed by atoms with E-state index in [-0.39, 0.29) is 0 Å². The second-order valence-electron chi connectivity index (χ2n) is 3.31. The summed E-state index contributed by atoms with van der Waals surface area (Å²) in [5.41, 5.74) is 2.42. The third kappa shape index (κ3) is 3.79. The van der Waals surface area contributed by atoms with Crippen LogP contribution < -0.4 is 0 Å². The van der Waals surface area contributed by atoms with E-state index in [4.69, 9.17) is 5.11 Å². The Morgan fingerprint density at radius 3 is 2.62 bits per heavy atom. The number of aliphatic hydroxyl groups excluding tert-OH is 1. The fourth-order valence-electron chi connectivity index (χ4n) is 1.28. The third-order valence-electron chi connectivity index (χ3n) is 2.10. The number of hydrogen-bond donors (Lipinski definition) is 1. The van der Waals surface area contributed by atoms with Crippen LogP contribution in [0.15, 0.2) is 42.2 Å². The topological polar surface area (TPSA) is 20.2 Å². The summed E-state index contributed by atoms with van der Waals surface area (Å²) in [6, 6.07) is 10.4. The fourth-order valence-corrected chi connectivity index (χ4v) is 1.28. The van der Waals surface area contributed by atoms with Crippen LogP contribution in [-0.4, -0.2) is 5.11 Å². The van der Waals surface area contributed by atoms with Crippen LogP contribution in [0, 0.1) is 0 Å². The first-order valence-corrected chi connectivity index (χ1v) is 4.66. The van der Waals surface area contributed by atoms with Crippen LogP contribution in [0.1, 0.15) is 25.3 Å². The highest BCUT2D eigenvalue weighted by Gasteiger charge is 1.93. The van der Waals surface area contributed by atoms with E-state index in [0.717, 1.165) is 24.8 Å². The van der Waals surface area contributed by atoms with Crippen LogP contribution in [0.4, 0.5) is 0 Å². The zero-order valence-electron chi connectivity index (χ0n) is 8.03. The number of benzene rings is 1. The first kappa shape index (κ1) is 9.85. The van der Waals surface area contributed by atoms with Gasteiger partial charge in [-0.15, -0.1) is 0 Å². The Bertz CT molecular complexity index is 262. The summed E-state index contributed by atoms with van der Waals surface area (Å²) in [6.07, 6.45) is 4.37. The molecule has 0 spiro atoms. The molecule has 1 nitrogen and oxygen atoms in total. The van der Waals surface area contributed by atoms with Gasteiger partial charge in [-0.25, -0.2) is 0 Å². The molecule has 0 saturated carbocycles. The highest BCUT2D eigenvalue weighted by atomic mass is 16.2.